The van der Waals surface area contributed by atoms with E-state index in [9.17, 15) is 5.11 Å². The molecule has 2 nitrogen and oxygen atoms in total. The molecule has 0 aliphatic carbocycles. The molecular formula is C5H10NOS. The molecular weight excluding hydrogens is 122 g/mol. The summed E-state index contributed by atoms with van der Waals surface area (Å²) in [4.78, 5) is 0. The first-order valence-corrected chi connectivity index (χ1v) is 2.98. The minimum atomic E-state index is -0.362. The average molecular weight is 132 g/mol. The van der Waals surface area contributed by atoms with Crippen LogP contribution in [0.4, 0.5) is 0 Å². The Kier molecular flexibility index (Phi) is 3.52. The molecule has 3 heteroatoms. The van der Waals surface area contributed by atoms with Crippen LogP contribution in [0.1, 0.15) is 13.8 Å². The highest BCUT2D eigenvalue weighted by molar-refractivity contribution is 7.79. The highest BCUT2D eigenvalue weighted by Crippen LogP contribution is 1.85. The maximum atomic E-state index is 10.1. The first-order valence-electron chi connectivity index (χ1n) is 2.57. The lowest BCUT2D eigenvalue weighted by molar-refractivity contribution is 0.408. The van der Waals surface area contributed by atoms with Gasteiger partial charge < -0.3 is 5.32 Å². The molecule has 0 aromatic carbocycles. The van der Waals surface area contributed by atoms with Crippen LogP contribution in [0.5, 0.6) is 0 Å². The second-order valence-corrected chi connectivity index (χ2v) is 2.43. The smallest absolute Gasteiger partial charge is 0.310 e. The number of nitrogens with one attached hydrogen (secondary N) is 1. The molecule has 0 unspecified atom stereocenters. The summed E-state index contributed by atoms with van der Waals surface area (Å²) in [7, 11) is 0. The van der Waals surface area contributed by atoms with E-state index in [0.717, 1.165) is 0 Å². The van der Waals surface area contributed by atoms with Crippen LogP contribution >= 0.6 is 12.2 Å². The summed E-state index contributed by atoms with van der Waals surface area (Å²) >= 11 is 4.25. The lowest BCUT2D eigenvalue weighted by Gasteiger charge is -2.01. The van der Waals surface area contributed by atoms with E-state index >= 15 is 0 Å². The van der Waals surface area contributed by atoms with Crippen molar-refractivity contribution in [3.8, 4) is 0 Å². The van der Waals surface area contributed by atoms with E-state index in [2.05, 4.69) is 17.5 Å². The molecule has 0 aliphatic heterocycles. The Balaban J connectivity index is 3.05. The predicted molar refractivity (Wildman–Crippen MR) is 36.1 cm³/mol. The van der Waals surface area contributed by atoms with Gasteiger partial charge in [-0.3, -0.25) is 5.11 Å². The second kappa shape index (κ2) is 3.66. The normalized spacial score (nSPS) is 9.38. The van der Waals surface area contributed by atoms with Crippen molar-refractivity contribution in [2.24, 2.45) is 5.92 Å². The van der Waals surface area contributed by atoms with E-state index in [1.807, 2.05) is 13.8 Å². The molecule has 0 aromatic heterocycles. The van der Waals surface area contributed by atoms with Gasteiger partial charge in [0.1, 0.15) is 0 Å². The first-order chi connectivity index (χ1) is 3.63. The summed E-state index contributed by atoms with van der Waals surface area (Å²) in [6.07, 6.45) is 0. The zero-order chi connectivity index (χ0) is 6.57. The fourth-order valence-electron chi connectivity index (χ4n) is 0.287. The van der Waals surface area contributed by atoms with Crippen LogP contribution in [0.25, 0.3) is 0 Å². The Morgan fingerprint density at radius 1 is 1.75 bits per heavy atom. The number of rotatable bonds is 2. The van der Waals surface area contributed by atoms with Crippen LogP contribution in [0.2, 0.25) is 0 Å². The lowest BCUT2D eigenvalue weighted by atomic mass is 10.2. The first kappa shape index (κ1) is 7.69. The molecule has 0 atom stereocenters. The van der Waals surface area contributed by atoms with Crippen molar-refractivity contribution in [1.82, 2.24) is 5.32 Å². The van der Waals surface area contributed by atoms with Gasteiger partial charge in [0.25, 0.3) is 0 Å². The highest BCUT2D eigenvalue weighted by atomic mass is 32.1. The fraction of sp³-hybridized carbons (Fsp3) is 0.800. The zero-order valence-electron chi connectivity index (χ0n) is 5.10. The summed E-state index contributed by atoms with van der Waals surface area (Å²) in [5.74, 6) is 0.488. The molecule has 47 valence electrons. The van der Waals surface area contributed by atoms with Crippen molar-refractivity contribution in [3.63, 3.8) is 0 Å². The van der Waals surface area contributed by atoms with Gasteiger partial charge in [-0.05, 0) is 18.1 Å². The van der Waals surface area contributed by atoms with E-state index in [0.29, 0.717) is 12.5 Å². The quantitative estimate of drug-likeness (QED) is 0.567. The molecule has 0 fully saturated rings. The van der Waals surface area contributed by atoms with Gasteiger partial charge in [-0.25, -0.2) is 0 Å². The summed E-state index contributed by atoms with van der Waals surface area (Å²) in [6.45, 7) is 4.72. The zero-order valence-corrected chi connectivity index (χ0v) is 5.92. The molecule has 0 heterocycles. The third-order valence-electron chi connectivity index (χ3n) is 0.655. The third kappa shape index (κ3) is 5.69. The van der Waals surface area contributed by atoms with Crippen molar-refractivity contribution in [3.05, 3.63) is 0 Å². The van der Waals surface area contributed by atoms with Crippen molar-refractivity contribution >= 4 is 17.4 Å². The largest absolute Gasteiger partial charge is 0.343 e. The Hall–Kier alpha value is -0.310. The molecule has 0 bridgehead atoms. The molecule has 0 saturated carbocycles. The van der Waals surface area contributed by atoms with Gasteiger partial charge in [0.05, 0.1) is 0 Å². The fourth-order valence-corrected chi connectivity index (χ4v) is 0.371. The van der Waals surface area contributed by atoms with Crippen molar-refractivity contribution in [2.75, 3.05) is 6.54 Å². The molecule has 0 rings (SSSR count). The van der Waals surface area contributed by atoms with Gasteiger partial charge >= 0.3 is 5.17 Å². The lowest BCUT2D eigenvalue weighted by Crippen LogP contribution is -2.23. The molecule has 1 radical (unpaired) electrons. The van der Waals surface area contributed by atoms with E-state index in [-0.39, 0.29) is 5.17 Å². The summed E-state index contributed by atoms with van der Waals surface area (Å²) < 4.78 is 0. The van der Waals surface area contributed by atoms with Crippen LogP contribution in [-0.2, 0) is 5.11 Å². The Morgan fingerprint density at radius 2 is 2.25 bits per heavy atom. The van der Waals surface area contributed by atoms with Gasteiger partial charge in [-0.2, -0.15) is 0 Å². The maximum Gasteiger partial charge on any atom is 0.310 e. The van der Waals surface area contributed by atoms with Gasteiger partial charge in [0.15, 0.2) is 0 Å². The van der Waals surface area contributed by atoms with Crippen molar-refractivity contribution in [1.29, 1.82) is 0 Å². The monoisotopic (exact) mass is 132 g/mol. The topological polar surface area (TPSA) is 31.9 Å². The highest BCUT2D eigenvalue weighted by Gasteiger charge is 1.93. The van der Waals surface area contributed by atoms with Crippen LogP contribution in [0, 0.1) is 5.92 Å². The van der Waals surface area contributed by atoms with Crippen LogP contribution < -0.4 is 5.32 Å². The van der Waals surface area contributed by atoms with Gasteiger partial charge in [0, 0.05) is 6.54 Å². The minimum Gasteiger partial charge on any atom is -0.343 e. The molecule has 0 aromatic rings. The van der Waals surface area contributed by atoms with Gasteiger partial charge in [0.2, 0.25) is 0 Å². The van der Waals surface area contributed by atoms with E-state index < -0.39 is 0 Å². The summed E-state index contributed by atoms with van der Waals surface area (Å²) in [6, 6.07) is 0. The molecule has 0 spiro atoms. The van der Waals surface area contributed by atoms with Gasteiger partial charge in [-0.1, -0.05) is 13.8 Å². The maximum absolute atomic E-state index is 10.1. The summed E-state index contributed by atoms with van der Waals surface area (Å²) in [5, 5.41) is 12.2. The third-order valence-corrected chi connectivity index (χ3v) is 0.799. The standard InChI is InChI=1S/C5H10NOS/c1-4(2)3-6-5(7)8/h4H,3H2,1-2H3,(H,6,8). The van der Waals surface area contributed by atoms with E-state index in [1.165, 1.54) is 0 Å². The number of hydrogen-bond acceptors (Lipinski definition) is 1. The Labute approximate surface area is 54.9 Å². The van der Waals surface area contributed by atoms with Crippen molar-refractivity contribution in [2.45, 2.75) is 13.8 Å². The second-order valence-electron chi connectivity index (χ2n) is 2.06. The number of hydrogen-bond donors (Lipinski definition) is 1. The summed E-state index contributed by atoms with van der Waals surface area (Å²) in [5.41, 5.74) is 0. The van der Waals surface area contributed by atoms with E-state index in [1.54, 1.807) is 0 Å². The Morgan fingerprint density at radius 3 is 2.38 bits per heavy atom. The van der Waals surface area contributed by atoms with Crippen LogP contribution in [0.3, 0.4) is 0 Å². The van der Waals surface area contributed by atoms with Gasteiger partial charge in [-0.15, -0.1) is 0 Å². The van der Waals surface area contributed by atoms with Crippen molar-refractivity contribution < 1.29 is 5.11 Å². The molecule has 8 heavy (non-hydrogen) atoms. The molecule has 0 aliphatic rings. The minimum absolute atomic E-state index is 0.362. The van der Waals surface area contributed by atoms with E-state index in [4.69, 9.17) is 0 Å². The predicted octanol–water partition coefficient (Wildman–Crippen LogP) is 0.947. The molecule has 0 amide bonds. The average Bonchev–Trinajstić information content (AvgIpc) is 1.61. The number of thiocarbonyl (C=S) groups is 1. The van der Waals surface area contributed by atoms with Crippen LogP contribution in [0.15, 0.2) is 0 Å². The Bertz CT molecular complexity index is 82.5. The van der Waals surface area contributed by atoms with Crippen LogP contribution in [-0.4, -0.2) is 11.7 Å². The molecule has 1 N–H and O–H groups in total. The molecule has 0 saturated heterocycles. The SMILES string of the molecule is CC(C)CNC([O])=S.